The summed E-state index contributed by atoms with van der Waals surface area (Å²) in [5, 5.41) is 0. The van der Waals surface area contributed by atoms with Gasteiger partial charge >= 0.3 is 0 Å². The maximum atomic E-state index is 5.35. The van der Waals surface area contributed by atoms with Crippen LogP contribution in [0, 0.1) is 12.8 Å². The molecule has 1 atom stereocenters. The van der Waals surface area contributed by atoms with Crippen molar-refractivity contribution in [3.05, 3.63) is 41.0 Å². The molecule has 0 aliphatic heterocycles. The molecular weight excluding hydrogens is 208 g/mol. The molecule has 2 rings (SSSR count). The number of hydrogen-bond acceptors (Lipinski definition) is 1. The van der Waals surface area contributed by atoms with E-state index < -0.39 is 0 Å². The largest absolute Gasteiger partial charge is 0.496 e. The molecule has 1 unspecified atom stereocenters. The third-order valence-corrected chi connectivity index (χ3v) is 3.15. The number of methoxy groups -OCH3 is 1. The summed E-state index contributed by atoms with van der Waals surface area (Å²) in [7, 11) is 1.74. The van der Waals surface area contributed by atoms with E-state index in [1.54, 1.807) is 7.11 Å². The van der Waals surface area contributed by atoms with Gasteiger partial charge in [-0.15, -0.1) is 0 Å². The van der Waals surface area contributed by atoms with Gasteiger partial charge in [-0.25, -0.2) is 0 Å². The molecule has 0 spiro atoms. The van der Waals surface area contributed by atoms with Crippen LogP contribution in [0.2, 0.25) is 0 Å². The Morgan fingerprint density at radius 3 is 2.29 bits per heavy atom. The van der Waals surface area contributed by atoms with Crippen LogP contribution in [0.15, 0.2) is 24.3 Å². The molecule has 1 aliphatic carbocycles. The van der Waals surface area contributed by atoms with Gasteiger partial charge in [0, 0.05) is 0 Å². The van der Waals surface area contributed by atoms with Gasteiger partial charge in [-0.05, 0) is 55.4 Å². The highest BCUT2D eigenvalue weighted by molar-refractivity contribution is 5.45. The second kappa shape index (κ2) is 6.48. The van der Waals surface area contributed by atoms with Gasteiger partial charge in [-0.3, -0.25) is 0 Å². The van der Waals surface area contributed by atoms with Crippen LogP contribution in [-0.4, -0.2) is 7.11 Å². The van der Waals surface area contributed by atoms with Gasteiger partial charge in [-0.1, -0.05) is 32.1 Å². The lowest BCUT2D eigenvalue weighted by Gasteiger charge is -2.07. The highest BCUT2D eigenvalue weighted by Gasteiger charge is 2.20. The van der Waals surface area contributed by atoms with Gasteiger partial charge in [0.1, 0.15) is 5.75 Å². The summed E-state index contributed by atoms with van der Waals surface area (Å²) in [6.45, 7) is 8.21. The molecule has 0 N–H and O–H groups in total. The molecule has 1 aromatic rings. The first-order valence-electron chi connectivity index (χ1n) is 6.53. The van der Waals surface area contributed by atoms with E-state index in [1.165, 1.54) is 23.1 Å². The van der Waals surface area contributed by atoms with Crippen molar-refractivity contribution in [1.29, 1.82) is 0 Å². The van der Waals surface area contributed by atoms with Gasteiger partial charge in [-0.2, -0.15) is 0 Å². The van der Waals surface area contributed by atoms with Crippen LogP contribution < -0.4 is 4.74 Å². The van der Waals surface area contributed by atoms with Gasteiger partial charge in [0.05, 0.1) is 7.11 Å². The van der Waals surface area contributed by atoms with Crippen LogP contribution in [0.5, 0.6) is 5.75 Å². The van der Waals surface area contributed by atoms with E-state index in [0.29, 0.717) is 5.92 Å². The number of fused-ring (bicyclic) bond motifs is 1. The predicted molar refractivity (Wildman–Crippen MR) is 74.8 cm³/mol. The quantitative estimate of drug-likeness (QED) is 0.690. The summed E-state index contributed by atoms with van der Waals surface area (Å²) in [4.78, 5) is 0. The molecule has 0 saturated carbocycles. The first kappa shape index (κ1) is 13.8. The Morgan fingerprint density at radius 1 is 1.18 bits per heavy atom. The summed E-state index contributed by atoms with van der Waals surface area (Å²) >= 11 is 0. The fraction of sp³-hybridized carbons (Fsp3) is 0.500. The maximum absolute atomic E-state index is 5.35. The Hall–Kier alpha value is -1.24. The van der Waals surface area contributed by atoms with Crippen molar-refractivity contribution in [3.8, 4) is 5.75 Å². The van der Waals surface area contributed by atoms with E-state index in [2.05, 4.69) is 38.1 Å². The molecule has 1 nitrogen and oxygen atoms in total. The van der Waals surface area contributed by atoms with Crippen molar-refractivity contribution in [2.45, 2.75) is 40.5 Å². The van der Waals surface area contributed by atoms with Crippen molar-refractivity contribution >= 4 is 0 Å². The summed E-state index contributed by atoms with van der Waals surface area (Å²) in [5.41, 5.74) is 4.20. The number of hydrogen-bond donors (Lipinski definition) is 0. The minimum absolute atomic E-state index is 0.691. The lowest BCUT2D eigenvalue weighted by atomic mass is 10.1. The second-order valence-corrected chi connectivity index (χ2v) is 4.28. The second-order valence-electron chi connectivity index (χ2n) is 4.28. The lowest BCUT2D eigenvalue weighted by Crippen LogP contribution is -1.92. The summed E-state index contributed by atoms with van der Waals surface area (Å²) < 4.78 is 5.35. The van der Waals surface area contributed by atoms with Crippen LogP contribution in [0.25, 0.3) is 0 Å². The number of rotatable bonds is 2. The molecule has 0 heterocycles. The molecule has 0 amide bonds. The first-order chi connectivity index (χ1) is 8.24. The normalized spacial score (nSPS) is 17.6. The van der Waals surface area contributed by atoms with Crippen molar-refractivity contribution in [3.63, 3.8) is 0 Å². The topological polar surface area (TPSA) is 9.23 Å². The Morgan fingerprint density at radius 2 is 1.76 bits per heavy atom. The van der Waals surface area contributed by atoms with E-state index >= 15 is 0 Å². The predicted octanol–water partition coefficient (Wildman–Crippen LogP) is 4.32. The molecular formula is C16H24O. The average molecular weight is 232 g/mol. The van der Waals surface area contributed by atoms with Crippen LogP contribution in [0.3, 0.4) is 0 Å². The fourth-order valence-electron chi connectivity index (χ4n) is 2.44. The Kier molecular flexibility index (Phi) is 5.27. The van der Waals surface area contributed by atoms with Crippen LogP contribution in [0.4, 0.5) is 0 Å². The van der Waals surface area contributed by atoms with E-state index in [0.717, 1.165) is 12.2 Å². The van der Waals surface area contributed by atoms with E-state index in [-0.39, 0.29) is 0 Å². The minimum Gasteiger partial charge on any atom is -0.496 e. The molecule has 1 aromatic carbocycles. The third-order valence-electron chi connectivity index (χ3n) is 3.15. The van der Waals surface area contributed by atoms with E-state index in [9.17, 15) is 0 Å². The van der Waals surface area contributed by atoms with Gasteiger partial charge in [0.15, 0.2) is 0 Å². The van der Waals surface area contributed by atoms with Crippen molar-refractivity contribution < 1.29 is 4.74 Å². The summed E-state index contributed by atoms with van der Waals surface area (Å²) in [5.74, 6) is 1.71. The molecule has 1 heteroatoms. The Labute approximate surface area is 106 Å². The summed E-state index contributed by atoms with van der Waals surface area (Å²) in [6, 6.07) is 4.48. The number of benzene rings is 1. The van der Waals surface area contributed by atoms with Crippen LogP contribution in [-0.2, 0) is 12.8 Å². The summed E-state index contributed by atoms with van der Waals surface area (Å²) in [6.07, 6.45) is 6.81. The van der Waals surface area contributed by atoms with Crippen LogP contribution in [0.1, 0.15) is 37.5 Å². The smallest absolute Gasteiger partial charge is 0.122 e. The van der Waals surface area contributed by atoms with Gasteiger partial charge in [0.25, 0.3) is 0 Å². The lowest BCUT2D eigenvalue weighted by molar-refractivity contribution is 0.411. The molecule has 0 aromatic heterocycles. The zero-order valence-electron chi connectivity index (χ0n) is 11.7. The Bertz CT molecular complexity index is 391. The van der Waals surface area contributed by atoms with Gasteiger partial charge < -0.3 is 4.74 Å². The van der Waals surface area contributed by atoms with Crippen LogP contribution >= 0.6 is 0 Å². The molecule has 0 fully saturated rings. The fourth-order valence-corrected chi connectivity index (χ4v) is 2.44. The highest BCUT2D eigenvalue weighted by atomic mass is 16.5. The molecule has 0 radical (unpaired) electrons. The molecule has 1 aliphatic rings. The standard InChI is InChI=1S/C14H18O.C2H6/c1-4-5-11-7-12-6-10(2)14(15-3)9-13(12)8-11;1-2/h4-6,9,11H,7-8H2,1-3H3;1-2H3. The number of ether oxygens (including phenoxy) is 1. The third kappa shape index (κ3) is 3.12. The SMILES string of the molecule is CC.CC=CC1Cc2cc(C)c(OC)cc2C1. The highest BCUT2D eigenvalue weighted by Crippen LogP contribution is 2.32. The number of aryl methyl sites for hydroxylation is 1. The van der Waals surface area contributed by atoms with Crippen molar-refractivity contribution in [2.75, 3.05) is 7.11 Å². The zero-order valence-corrected chi connectivity index (χ0v) is 11.7. The minimum atomic E-state index is 0.691. The van der Waals surface area contributed by atoms with Crippen molar-refractivity contribution in [1.82, 2.24) is 0 Å². The maximum Gasteiger partial charge on any atom is 0.122 e. The molecule has 0 saturated heterocycles. The average Bonchev–Trinajstić information content (AvgIpc) is 2.72. The van der Waals surface area contributed by atoms with Gasteiger partial charge in [0.2, 0.25) is 0 Å². The van der Waals surface area contributed by atoms with E-state index in [1.807, 2.05) is 13.8 Å². The number of allylic oxidation sites excluding steroid dienone is 2. The molecule has 0 bridgehead atoms. The Balaban J connectivity index is 0.000000686. The molecule has 17 heavy (non-hydrogen) atoms. The monoisotopic (exact) mass is 232 g/mol. The molecule has 94 valence electrons. The van der Waals surface area contributed by atoms with Crippen molar-refractivity contribution in [2.24, 2.45) is 5.92 Å². The first-order valence-corrected chi connectivity index (χ1v) is 6.53. The van der Waals surface area contributed by atoms with E-state index in [4.69, 9.17) is 4.74 Å². The zero-order chi connectivity index (χ0) is 12.8.